The van der Waals surface area contributed by atoms with E-state index in [0.717, 1.165) is 0 Å². The van der Waals surface area contributed by atoms with Crippen LogP contribution in [0, 0.1) is 23.7 Å². The maximum absolute atomic E-state index is 12.4. The summed E-state index contributed by atoms with van der Waals surface area (Å²) in [4.78, 5) is 12.4. The van der Waals surface area contributed by atoms with E-state index in [1.165, 1.54) is 6.08 Å². The number of halogens is 2. The summed E-state index contributed by atoms with van der Waals surface area (Å²) in [6.07, 6.45) is 6.64. The second kappa shape index (κ2) is 10.3. The molecule has 5 nitrogen and oxygen atoms in total. The van der Waals surface area contributed by atoms with Gasteiger partial charge in [-0.05, 0) is 42.8 Å². The van der Waals surface area contributed by atoms with Crippen LogP contribution in [0.5, 0.6) is 11.5 Å². The molecule has 0 spiro atoms. The first-order valence-electron chi connectivity index (χ1n) is 8.20. The molecule has 0 unspecified atom stereocenters. The number of carbonyl (C=O) groups excluding carboxylic acids is 1. The third-order valence-electron chi connectivity index (χ3n) is 3.45. The molecule has 0 radical (unpaired) electrons. The Morgan fingerprint density at radius 1 is 1.25 bits per heavy atom. The zero-order valence-electron chi connectivity index (χ0n) is 15.0. The van der Waals surface area contributed by atoms with Crippen molar-refractivity contribution in [3.8, 4) is 29.9 Å². The second-order valence-electron chi connectivity index (χ2n) is 5.36. The van der Waals surface area contributed by atoms with Crippen molar-refractivity contribution < 1.29 is 14.3 Å². The quantitative estimate of drug-likeness (QED) is 0.395. The van der Waals surface area contributed by atoms with Gasteiger partial charge in [0, 0.05) is 0 Å². The van der Waals surface area contributed by atoms with Crippen LogP contribution in [0.1, 0.15) is 12.5 Å². The van der Waals surface area contributed by atoms with Crippen LogP contribution in [0.25, 0.3) is 6.08 Å². The molecule has 2 aromatic carbocycles. The largest absolute Gasteiger partial charge is 0.490 e. The van der Waals surface area contributed by atoms with Gasteiger partial charge in [-0.3, -0.25) is 4.79 Å². The molecule has 2 rings (SSSR count). The van der Waals surface area contributed by atoms with Crippen molar-refractivity contribution in [2.24, 2.45) is 0 Å². The highest BCUT2D eigenvalue weighted by molar-refractivity contribution is 6.44. The zero-order chi connectivity index (χ0) is 20.5. The van der Waals surface area contributed by atoms with Gasteiger partial charge in [0.25, 0.3) is 5.91 Å². The monoisotopic (exact) mass is 414 g/mol. The van der Waals surface area contributed by atoms with E-state index in [1.807, 2.05) is 13.0 Å². The van der Waals surface area contributed by atoms with Gasteiger partial charge in [-0.25, -0.2) is 0 Å². The molecule has 0 aliphatic heterocycles. The fourth-order valence-electron chi connectivity index (χ4n) is 2.23. The molecule has 0 bridgehead atoms. The summed E-state index contributed by atoms with van der Waals surface area (Å²) >= 11 is 12.0. The summed E-state index contributed by atoms with van der Waals surface area (Å²) in [6, 6.07) is 11.7. The van der Waals surface area contributed by atoms with Gasteiger partial charge in [0.2, 0.25) is 0 Å². The molecule has 28 heavy (non-hydrogen) atoms. The number of nitrogens with one attached hydrogen (secondary N) is 1. The number of benzene rings is 2. The smallest absolute Gasteiger partial charge is 0.266 e. The SMILES string of the molecule is C#CCOc1ccc(/C=C(\C#N)C(=O)Nc2cccc(Cl)c2Cl)cc1OCC. The second-order valence-corrected chi connectivity index (χ2v) is 6.14. The lowest BCUT2D eigenvalue weighted by molar-refractivity contribution is -0.112. The summed E-state index contributed by atoms with van der Waals surface area (Å²) in [5, 5.41) is 12.5. The Balaban J connectivity index is 2.29. The van der Waals surface area contributed by atoms with Crippen LogP contribution in [0.3, 0.4) is 0 Å². The van der Waals surface area contributed by atoms with E-state index in [0.29, 0.717) is 34.4 Å². The molecule has 0 atom stereocenters. The van der Waals surface area contributed by atoms with Crippen molar-refractivity contribution in [1.82, 2.24) is 0 Å². The highest BCUT2D eigenvalue weighted by Gasteiger charge is 2.13. The van der Waals surface area contributed by atoms with Crippen LogP contribution in [-0.2, 0) is 4.79 Å². The molecule has 0 fully saturated rings. The van der Waals surface area contributed by atoms with Crippen molar-refractivity contribution in [1.29, 1.82) is 5.26 Å². The molecule has 2 aromatic rings. The first-order valence-corrected chi connectivity index (χ1v) is 8.96. The van der Waals surface area contributed by atoms with Gasteiger partial charge in [0.1, 0.15) is 18.2 Å². The molecule has 0 saturated carbocycles. The zero-order valence-corrected chi connectivity index (χ0v) is 16.5. The Bertz CT molecular complexity index is 988. The maximum Gasteiger partial charge on any atom is 0.266 e. The molecule has 0 aromatic heterocycles. The van der Waals surface area contributed by atoms with E-state index in [2.05, 4.69) is 11.2 Å². The van der Waals surface area contributed by atoms with E-state index in [1.54, 1.807) is 36.4 Å². The standard InChI is InChI=1S/C21H16Cl2N2O3/c1-3-10-28-18-9-8-14(12-19(18)27-4-2)11-15(13-24)21(26)25-17-7-5-6-16(22)20(17)23/h1,5-9,11-12H,4,10H2,2H3,(H,25,26)/b15-11+. The van der Waals surface area contributed by atoms with E-state index in [-0.39, 0.29) is 17.2 Å². The number of anilines is 1. The summed E-state index contributed by atoms with van der Waals surface area (Å²) in [5.41, 5.74) is 0.782. The fourth-order valence-corrected chi connectivity index (χ4v) is 2.57. The van der Waals surface area contributed by atoms with Gasteiger partial charge >= 0.3 is 0 Å². The highest BCUT2D eigenvalue weighted by Crippen LogP contribution is 2.31. The lowest BCUT2D eigenvalue weighted by Gasteiger charge is -2.11. The number of nitriles is 1. The number of amides is 1. The number of nitrogens with zero attached hydrogens (tertiary/aromatic N) is 1. The van der Waals surface area contributed by atoms with Crippen molar-refractivity contribution in [3.05, 3.63) is 57.6 Å². The van der Waals surface area contributed by atoms with Crippen LogP contribution in [0.4, 0.5) is 5.69 Å². The minimum atomic E-state index is -0.614. The number of rotatable bonds is 7. The Morgan fingerprint density at radius 2 is 2.04 bits per heavy atom. The topological polar surface area (TPSA) is 71.3 Å². The molecule has 7 heteroatoms. The predicted molar refractivity (Wildman–Crippen MR) is 111 cm³/mol. The third kappa shape index (κ3) is 5.44. The molecule has 1 amide bonds. The number of carbonyl (C=O) groups is 1. The number of hydrogen-bond acceptors (Lipinski definition) is 4. The Hall–Kier alpha value is -3.12. The molecule has 0 saturated heterocycles. The first-order chi connectivity index (χ1) is 13.5. The van der Waals surface area contributed by atoms with Gasteiger partial charge in [0.05, 0.1) is 22.3 Å². The number of hydrogen-bond donors (Lipinski definition) is 1. The minimum Gasteiger partial charge on any atom is -0.490 e. The van der Waals surface area contributed by atoms with E-state index >= 15 is 0 Å². The lowest BCUT2D eigenvalue weighted by atomic mass is 10.1. The molecular formula is C21H16Cl2N2O3. The van der Waals surface area contributed by atoms with Gasteiger partial charge in [-0.2, -0.15) is 5.26 Å². The molecule has 0 heterocycles. The van der Waals surface area contributed by atoms with Crippen molar-refractivity contribution >= 4 is 40.9 Å². The third-order valence-corrected chi connectivity index (χ3v) is 4.27. The van der Waals surface area contributed by atoms with E-state index in [9.17, 15) is 10.1 Å². The number of terminal acetylenes is 1. The predicted octanol–water partition coefficient (Wildman–Crippen LogP) is 4.95. The molecule has 0 aliphatic rings. The number of ether oxygens (including phenoxy) is 2. The van der Waals surface area contributed by atoms with Crippen LogP contribution >= 0.6 is 23.2 Å². The molecule has 142 valence electrons. The molecular weight excluding hydrogens is 399 g/mol. The minimum absolute atomic E-state index is 0.0987. The highest BCUT2D eigenvalue weighted by atomic mass is 35.5. The van der Waals surface area contributed by atoms with Gasteiger partial charge < -0.3 is 14.8 Å². The normalized spacial score (nSPS) is 10.5. The van der Waals surface area contributed by atoms with Crippen LogP contribution in [-0.4, -0.2) is 19.1 Å². The summed E-state index contributed by atoms with van der Waals surface area (Å²) < 4.78 is 11.0. The van der Waals surface area contributed by atoms with Gasteiger partial charge in [0.15, 0.2) is 11.5 Å². The molecule has 0 aliphatic carbocycles. The van der Waals surface area contributed by atoms with Crippen molar-refractivity contribution in [3.63, 3.8) is 0 Å². The van der Waals surface area contributed by atoms with Crippen LogP contribution < -0.4 is 14.8 Å². The fraction of sp³-hybridized carbons (Fsp3) is 0.143. The van der Waals surface area contributed by atoms with Crippen molar-refractivity contribution in [2.45, 2.75) is 6.92 Å². The summed E-state index contributed by atoms with van der Waals surface area (Å²) in [5.74, 6) is 2.71. The molecule has 1 N–H and O–H groups in total. The van der Waals surface area contributed by atoms with Crippen LogP contribution in [0.2, 0.25) is 10.0 Å². The Morgan fingerprint density at radius 3 is 2.71 bits per heavy atom. The maximum atomic E-state index is 12.4. The van der Waals surface area contributed by atoms with E-state index in [4.69, 9.17) is 39.1 Å². The summed E-state index contributed by atoms with van der Waals surface area (Å²) in [6.45, 7) is 2.34. The van der Waals surface area contributed by atoms with Gasteiger partial charge in [-0.15, -0.1) is 6.42 Å². The summed E-state index contributed by atoms with van der Waals surface area (Å²) in [7, 11) is 0. The average molecular weight is 415 g/mol. The Labute approximate surface area is 173 Å². The van der Waals surface area contributed by atoms with Crippen molar-refractivity contribution in [2.75, 3.05) is 18.5 Å². The first kappa shape index (κ1) is 21.2. The van der Waals surface area contributed by atoms with Gasteiger partial charge in [-0.1, -0.05) is 41.3 Å². The lowest BCUT2D eigenvalue weighted by Crippen LogP contribution is -2.13. The van der Waals surface area contributed by atoms with Crippen LogP contribution in [0.15, 0.2) is 42.0 Å². The average Bonchev–Trinajstić information content (AvgIpc) is 2.69. The Kier molecular flexibility index (Phi) is 7.77. The van der Waals surface area contributed by atoms with E-state index < -0.39 is 5.91 Å².